The zero-order valence-electron chi connectivity index (χ0n) is 18.2. The summed E-state index contributed by atoms with van der Waals surface area (Å²) in [5.74, 6) is -0.211. The van der Waals surface area contributed by atoms with Gasteiger partial charge in [-0.1, -0.05) is 12.1 Å². The highest BCUT2D eigenvalue weighted by molar-refractivity contribution is 7.13. The van der Waals surface area contributed by atoms with Crippen LogP contribution >= 0.6 is 11.3 Å². The van der Waals surface area contributed by atoms with Crippen LogP contribution in [-0.2, 0) is 11.4 Å². The number of carbonyl (C=O) groups is 2. The van der Waals surface area contributed by atoms with E-state index >= 15 is 0 Å². The summed E-state index contributed by atoms with van der Waals surface area (Å²) in [5.41, 5.74) is 7.30. The molecule has 0 fully saturated rings. The van der Waals surface area contributed by atoms with Crippen molar-refractivity contribution in [2.45, 2.75) is 40.4 Å². The normalized spacial score (nSPS) is 11.5. The van der Waals surface area contributed by atoms with Gasteiger partial charge in [-0.15, -0.1) is 11.3 Å². The Hall–Kier alpha value is -3.46. The topological polar surface area (TPSA) is 89.6 Å². The van der Waals surface area contributed by atoms with Crippen molar-refractivity contribution in [1.29, 1.82) is 0 Å². The van der Waals surface area contributed by atoms with E-state index in [9.17, 15) is 14.0 Å². The first kappa shape index (κ1) is 23.2. The molecule has 1 unspecified atom stereocenters. The van der Waals surface area contributed by atoms with E-state index < -0.39 is 17.9 Å². The summed E-state index contributed by atoms with van der Waals surface area (Å²) in [6.07, 6.45) is -0.807. The molecule has 1 aromatic heterocycles. The molecule has 0 aliphatic rings. The predicted molar refractivity (Wildman–Crippen MR) is 119 cm³/mol. The molecule has 0 saturated heterocycles. The van der Waals surface area contributed by atoms with Crippen LogP contribution in [0.3, 0.4) is 0 Å². The van der Waals surface area contributed by atoms with E-state index in [0.717, 1.165) is 22.5 Å². The first-order valence-corrected chi connectivity index (χ1v) is 10.7. The summed E-state index contributed by atoms with van der Waals surface area (Å²) in [5, 5.41) is 0.579. The lowest BCUT2D eigenvalue weighted by molar-refractivity contribution is -0.128. The predicted octanol–water partition coefficient (Wildman–Crippen LogP) is 4.01. The number of thiazole rings is 1. The second-order valence-corrected chi connectivity index (χ2v) is 8.25. The number of ether oxygens (including phenoxy) is 2. The van der Waals surface area contributed by atoms with Crippen molar-refractivity contribution < 1.29 is 23.5 Å². The molecule has 0 aliphatic carbocycles. The van der Waals surface area contributed by atoms with E-state index in [-0.39, 0.29) is 12.4 Å². The molecular formula is C23H24FN3O4S. The van der Waals surface area contributed by atoms with Crippen molar-refractivity contribution in [3.05, 3.63) is 75.0 Å². The number of nitrogens with one attached hydrogen (secondary N) is 2. The Balaban J connectivity index is 1.53. The minimum absolute atomic E-state index is 0.136. The van der Waals surface area contributed by atoms with Gasteiger partial charge in [0.25, 0.3) is 11.8 Å². The number of hydrogen-bond acceptors (Lipinski definition) is 6. The highest BCUT2D eigenvalue weighted by atomic mass is 32.1. The summed E-state index contributed by atoms with van der Waals surface area (Å²) in [7, 11) is 0. The van der Waals surface area contributed by atoms with Gasteiger partial charge in [-0.2, -0.15) is 0 Å². The number of nitrogens with zero attached hydrogens (tertiary/aromatic N) is 1. The van der Waals surface area contributed by atoms with E-state index in [4.69, 9.17) is 9.47 Å². The average molecular weight is 458 g/mol. The number of benzene rings is 2. The third-order valence-electron chi connectivity index (χ3n) is 4.75. The number of halogens is 1. The Bertz CT molecular complexity index is 1110. The molecule has 7 nitrogen and oxygen atoms in total. The molecule has 168 valence electrons. The number of amides is 2. The first-order chi connectivity index (χ1) is 15.2. The van der Waals surface area contributed by atoms with Crippen molar-refractivity contribution in [3.63, 3.8) is 0 Å². The highest BCUT2D eigenvalue weighted by Gasteiger charge is 2.20. The molecule has 2 N–H and O–H groups in total. The quantitative estimate of drug-likeness (QED) is 0.523. The van der Waals surface area contributed by atoms with Crippen LogP contribution in [0.2, 0.25) is 0 Å². The van der Waals surface area contributed by atoms with Crippen LogP contribution in [0, 0.1) is 26.6 Å². The van der Waals surface area contributed by atoms with Crippen LogP contribution < -0.4 is 20.3 Å². The zero-order chi connectivity index (χ0) is 23.3. The van der Waals surface area contributed by atoms with Gasteiger partial charge in [-0.3, -0.25) is 20.4 Å². The molecule has 3 rings (SSSR count). The van der Waals surface area contributed by atoms with Crippen LogP contribution in [0.4, 0.5) is 4.39 Å². The van der Waals surface area contributed by atoms with Crippen molar-refractivity contribution in [2.75, 3.05) is 0 Å². The van der Waals surface area contributed by atoms with Crippen molar-refractivity contribution in [1.82, 2.24) is 15.8 Å². The smallest absolute Gasteiger partial charge is 0.281 e. The third kappa shape index (κ3) is 5.82. The lowest BCUT2D eigenvalue weighted by atomic mass is 10.1. The van der Waals surface area contributed by atoms with E-state index in [1.54, 1.807) is 19.9 Å². The number of aryl methyl sites for hydroxylation is 2. The molecule has 32 heavy (non-hydrogen) atoms. The van der Waals surface area contributed by atoms with Gasteiger partial charge in [-0.05, 0) is 69.2 Å². The van der Waals surface area contributed by atoms with Gasteiger partial charge in [0.2, 0.25) is 0 Å². The Kier molecular flexibility index (Phi) is 7.42. The van der Waals surface area contributed by atoms with Crippen molar-refractivity contribution >= 4 is 23.2 Å². The Morgan fingerprint density at radius 3 is 2.53 bits per heavy atom. The van der Waals surface area contributed by atoms with E-state index in [1.807, 2.05) is 26.0 Å². The highest BCUT2D eigenvalue weighted by Crippen LogP contribution is 2.22. The third-order valence-corrected chi connectivity index (χ3v) is 5.88. The van der Waals surface area contributed by atoms with Crippen LogP contribution in [0.5, 0.6) is 11.5 Å². The molecule has 0 bridgehead atoms. The number of carbonyl (C=O) groups excluding carboxylic acids is 2. The fourth-order valence-corrected chi connectivity index (χ4v) is 3.65. The zero-order valence-corrected chi connectivity index (χ0v) is 19.0. The molecule has 0 aliphatic heterocycles. The average Bonchev–Trinajstić information content (AvgIpc) is 3.15. The lowest BCUT2D eigenvalue weighted by Gasteiger charge is -2.17. The fourth-order valence-electron chi connectivity index (χ4n) is 2.77. The van der Waals surface area contributed by atoms with Gasteiger partial charge >= 0.3 is 0 Å². The number of aromatic nitrogens is 1. The maximum atomic E-state index is 13.0. The second kappa shape index (κ2) is 10.2. The van der Waals surface area contributed by atoms with Gasteiger partial charge in [0.15, 0.2) is 6.10 Å². The molecule has 1 atom stereocenters. The summed E-state index contributed by atoms with van der Waals surface area (Å²) >= 11 is 1.15. The minimum Gasteiger partial charge on any atom is -0.486 e. The molecule has 0 spiro atoms. The fraction of sp³-hybridized carbons (Fsp3) is 0.261. The Morgan fingerprint density at radius 1 is 1.09 bits per heavy atom. The molecule has 0 radical (unpaired) electrons. The summed E-state index contributed by atoms with van der Waals surface area (Å²) < 4.78 is 24.3. The van der Waals surface area contributed by atoms with Gasteiger partial charge in [0.05, 0.1) is 5.69 Å². The van der Waals surface area contributed by atoms with Crippen LogP contribution in [0.15, 0.2) is 42.5 Å². The second-order valence-electron chi connectivity index (χ2n) is 7.17. The minimum atomic E-state index is -0.807. The number of rotatable bonds is 7. The van der Waals surface area contributed by atoms with Crippen LogP contribution in [-0.4, -0.2) is 22.9 Å². The summed E-state index contributed by atoms with van der Waals surface area (Å²) in [4.78, 5) is 29.5. The van der Waals surface area contributed by atoms with E-state index in [2.05, 4.69) is 15.8 Å². The lowest BCUT2D eigenvalue weighted by Crippen LogP contribution is -2.47. The standard InChI is InChI=1S/C23H24FN3O4S/c1-13-6-5-7-19(14(13)2)31-16(4)22(28)26-27-23(29)21-15(3)25-20(32-21)12-30-18-10-8-17(24)9-11-18/h5-11,16H,12H2,1-4H3,(H,26,28)(H,27,29). The molecule has 3 aromatic rings. The maximum absolute atomic E-state index is 13.0. The first-order valence-electron chi connectivity index (χ1n) is 9.92. The Morgan fingerprint density at radius 2 is 1.81 bits per heavy atom. The van der Waals surface area contributed by atoms with Gasteiger partial charge in [0, 0.05) is 0 Å². The summed E-state index contributed by atoms with van der Waals surface area (Å²) in [6, 6.07) is 11.2. The molecule has 9 heteroatoms. The van der Waals surface area contributed by atoms with Crippen LogP contribution in [0.1, 0.15) is 38.4 Å². The molecular weight excluding hydrogens is 433 g/mol. The Labute approximate surface area is 189 Å². The van der Waals surface area contributed by atoms with Gasteiger partial charge in [-0.25, -0.2) is 9.37 Å². The molecule has 2 amide bonds. The summed E-state index contributed by atoms with van der Waals surface area (Å²) in [6.45, 7) is 7.31. The maximum Gasteiger partial charge on any atom is 0.281 e. The van der Waals surface area contributed by atoms with Crippen LogP contribution in [0.25, 0.3) is 0 Å². The molecule has 2 aromatic carbocycles. The van der Waals surface area contributed by atoms with Gasteiger partial charge < -0.3 is 9.47 Å². The van der Waals surface area contributed by atoms with E-state index in [1.165, 1.54) is 24.3 Å². The SMILES string of the molecule is Cc1cccc(OC(C)C(=O)NNC(=O)c2sc(COc3ccc(F)cc3)nc2C)c1C. The monoisotopic (exact) mass is 457 g/mol. The van der Waals surface area contributed by atoms with Crippen molar-refractivity contribution in [2.24, 2.45) is 0 Å². The largest absolute Gasteiger partial charge is 0.486 e. The number of hydrazine groups is 1. The van der Waals surface area contributed by atoms with E-state index in [0.29, 0.717) is 27.1 Å². The molecule has 0 saturated carbocycles. The molecule has 1 heterocycles. The van der Waals surface area contributed by atoms with Crippen molar-refractivity contribution in [3.8, 4) is 11.5 Å². The number of hydrogen-bond donors (Lipinski definition) is 2. The van der Waals surface area contributed by atoms with Gasteiger partial charge in [0.1, 0.15) is 33.8 Å².